The lowest BCUT2D eigenvalue weighted by molar-refractivity contribution is -0.117. The Labute approximate surface area is 146 Å². The fourth-order valence-electron chi connectivity index (χ4n) is 1.61. The number of hydrogen-bond acceptors (Lipinski definition) is 7. The number of aryl methyl sites for hydroxylation is 2. The van der Waals surface area contributed by atoms with E-state index >= 15 is 0 Å². The first-order valence-electron chi connectivity index (χ1n) is 6.66. The number of amides is 3. The van der Waals surface area contributed by atoms with Crippen molar-refractivity contribution in [3.05, 3.63) is 29.3 Å². The minimum absolute atomic E-state index is 0.114. The molecule has 2 N–H and O–H groups in total. The standard InChI is InChI=1S/C14H16N4O2S3/c1-8-4-5-10(6-9(8)2)15-12(20)16-11(19)7-22-14-18-17-13(21-3)23-14/h4-6H,7H2,1-3H3,(H2,15,16,19,20). The molecule has 1 aromatic carbocycles. The summed E-state index contributed by atoms with van der Waals surface area (Å²) < 4.78 is 1.56. The molecule has 0 bridgehead atoms. The van der Waals surface area contributed by atoms with Crippen molar-refractivity contribution in [2.75, 3.05) is 17.3 Å². The van der Waals surface area contributed by atoms with E-state index in [1.54, 1.807) is 6.07 Å². The quantitative estimate of drug-likeness (QED) is 0.788. The molecule has 6 nitrogen and oxygen atoms in total. The summed E-state index contributed by atoms with van der Waals surface area (Å²) in [6.07, 6.45) is 1.92. The van der Waals surface area contributed by atoms with E-state index in [4.69, 9.17) is 0 Å². The Morgan fingerprint density at radius 1 is 1.17 bits per heavy atom. The summed E-state index contributed by atoms with van der Waals surface area (Å²) in [6.45, 7) is 3.96. The van der Waals surface area contributed by atoms with Crippen LogP contribution in [0.4, 0.5) is 10.5 Å². The zero-order valence-electron chi connectivity index (χ0n) is 12.9. The zero-order valence-corrected chi connectivity index (χ0v) is 15.3. The maximum atomic E-state index is 11.8. The van der Waals surface area contributed by atoms with Gasteiger partial charge in [-0.15, -0.1) is 10.2 Å². The first kappa shape index (κ1) is 17.8. The molecule has 0 spiro atoms. The van der Waals surface area contributed by atoms with Crippen LogP contribution in [0.3, 0.4) is 0 Å². The van der Waals surface area contributed by atoms with E-state index in [0.717, 1.165) is 15.5 Å². The Hall–Kier alpha value is -1.58. The van der Waals surface area contributed by atoms with Gasteiger partial charge in [0.1, 0.15) is 0 Å². The topological polar surface area (TPSA) is 84.0 Å². The molecule has 0 atom stereocenters. The molecule has 1 aromatic heterocycles. The first-order chi connectivity index (χ1) is 11.0. The molecular weight excluding hydrogens is 352 g/mol. The summed E-state index contributed by atoms with van der Waals surface area (Å²) in [6, 6.07) is 5.04. The van der Waals surface area contributed by atoms with Gasteiger partial charge in [0.2, 0.25) is 5.91 Å². The normalized spacial score (nSPS) is 10.4. The Bertz CT molecular complexity index is 718. The third-order valence-electron chi connectivity index (χ3n) is 2.91. The molecule has 0 saturated carbocycles. The van der Waals surface area contributed by atoms with Gasteiger partial charge >= 0.3 is 6.03 Å². The van der Waals surface area contributed by atoms with Crippen LogP contribution in [0.15, 0.2) is 26.9 Å². The summed E-state index contributed by atoms with van der Waals surface area (Å²) in [5.41, 5.74) is 2.87. The van der Waals surface area contributed by atoms with Crippen molar-refractivity contribution >= 4 is 52.5 Å². The van der Waals surface area contributed by atoms with Crippen LogP contribution < -0.4 is 10.6 Å². The number of carbonyl (C=O) groups is 2. The van der Waals surface area contributed by atoms with E-state index in [2.05, 4.69) is 20.8 Å². The lowest BCUT2D eigenvalue weighted by Crippen LogP contribution is -2.35. The second kappa shape index (κ2) is 8.32. The molecule has 0 aliphatic heterocycles. The first-order valence-corrected chi connectivity index (χ1v) is 9.69. The van der Waals surface area contributed by atoms with Crippen LogP contribution >= 0.6 is 34.9 Å². The minimum Gasteiger partial charge on any atom is -0.308 e. The van der Waals surface area contributed by atoms with E-state index in [1.165, 1.54) is 34.9 Å². The third-order valence-corrected chi connectivity index (χ3v) is 5.94. The SMILES string of the molecule is CSc1nnc(SCC(=O)NC(=O)Nc2ccc(C)c(C)c2)s1. The molecule has 3 amide bonds. The number of nitrogens with one attached hydrogen (secondary N) is 2. The summed E-state index contributed by atoms with van der Waals surface area (Å²) in [5, 5.41) is 12.8. The lowest BCUT2D eigenvalue weighted by atomic mass is 10.1. The van der Waals surface area contributed by atoms with Crippen molar-refractivity contribution in [3.63, 3.8) is 0 Å². The number of thioether (sulfide) groups is 2. The van der Waals surface area contributed by atoms with Gasteiger partial charge in [0.05, 0.1) is 5.75 Å². The number of benzene rings is 1. The summed E-state index contributed by atoms with van der Waals surface area (Å²) in [7, 11) is 0. The number of urea groups is 1. The predicted octanol–water partition coefficient (Wildman–Crippen LogP) is 3.32. The Kier molecular flexibility index (Phi) is 6.43. The molecule has 0 aliphatic rings. The van der Waals surface area contributed by atoms with Crippen molar-refractivity contribution < 1.29 is 9.59 Å². The van der Waals surface area contributed by atoms with Crippen molar-refractivity contribution in [3.8, 4) is 0 Å². The highest BCUT2D eigenvalue weighted by atomic mass is 32.2. The molecule has 0 unspecified atom stereocenters. The Morgan fingerprint density at radius 2 is 1.91 bits per heavy atom. The maximum absolute atomic E-state index is 11.8. The lowest BCUT2D eigenvalue weighted by Gasteiger charge is -2.08. The van der Waals surface area contributed by atoms with Crippen LogP contribution in [0.1, 0.15) is 11.1 Å². The molecular formula is C14H16N4O2S3. The van der Waals surface area contributed by atoms with Gasteiger partial charge in [0.25, 0.3) is 0 Å². The number of hydrogen-bond donors (Lipinski definition) is 2. The van der Waals surface area contributed by atoms with Crippen LogP contribution in [0.2, 0.25) is 0 Å². The number of rotatable bonds is 5. The van der Waals surface area contributed by atoms with Gasteiger partial charge in [-0.1, -0.05) is 40.9 Å². The molecule has 1 heterocycles. The molecule has 23 heavy (non-hydrogen) atoms. The van der Waals surface area contributed by atoms with Gasteiger partial charge in [-0.3, -0.25) is 10.1 Å². The average molecular weight is 369 g/mol. The maximum Gasteiger partial charge on any atom is 0.325 e. The third kappa shape index (κ3) is 5.52. The minimum atomic E-state index is -0.541. The fraction of sp³-hybridized carbons (Fsp3) is 0.286. The molecule has 0 aliphatic carbocycles. The smallest absolute Gasteiger partial charge is 0.308 e. The summed E-state index contributed by atoms with van der Waals surface area (Å²) >= 11 is 4.18. The van der Waals surface area contributed by atoms with E-state index in [0.29, 0.717) is 10.0 Å². The van der Waals surface area contributed by atoms with Crippen molar-refractivity contribution in [2.24, 2.45) is 0 Å². The fourth-order valence-corrected chi connectivity index (χ4v) is 3.85. The summed E-state index contributed by atoms with van der Waals surface area (Å²) in [5.74, 6) is -0.263. The number of nitrogens with zero attached hydrogens (tertiary/aromatic N) is 2. The average Bonchev–Trinajstić information content (AvgIpc) is 2.97. The van der Waals surface area contributed by atoms with Gasteiger partial charge in [0, 0.05) is 5.69 Å². The molecule has 2 aromatic rings. The van der Waals surface area contributed by atoms with Gasteiger partial charge in [-0.2, -0.15) is 0 Å². The monoisotopic (exact) mass is 368 g/mol. The second-order valence-electron chi connectivity index (χ2n) is 4.63. The molecule has 122 valence electrons. The Morgan fingerprint density at radius 3 is 2.57 bits per heavy atom. The van der Waals surface area contributed by atoms with Crippen molar-refractivity contribution in [2.45, 2.75) is 22.5 Å². The van der Waals surface area contributed by atoms with Crippen LogP contribution in [-0.4, -0.2) is 34.1 Å². The van der Waals surface area contributed by atoms with Crippen LogP contribution in [0.25, 0.3) is 0 Å². The van der Waals surface area contributed by atoms with E-state index in [9.17, 15) is 9.59 Å². The zero-order chi connectivity index (χ0) is 16.8. The van der Waals surface area contributed by atoms with Gasteiger partial charge in [-0.25, -0.2) is 4.79 Å². The molecule has 0 radical (unpaired) electrons. The van der Waals surface area contributed by atoms with Crippen LogP contribution in [0, 0.1) is 13.8 Å². The number of aromatic nitrogens is 2. The molecule has 9 heteroatoms. The molecule has 0 saturated heterocycles. The van der Waals surface area contributed by atoms with E-state index < -0.39 is 6.03 Å². The number of carbonyl (C=O) groups excluding carboxylic acids is 2. The van der Waals surface area contributed by atoms with Crippen LogP contribution in [0.5, 0.6) is 0 Å². The Balaban J connectivity index is 1.80. The molecule has 0 fully saturated rings. The van der Waals surface area contributed by atoms with Gasteiger partial charge in [-0.05, 0) is 43.4 Å². The van der Waals surface area contributed by atoms with Crippen molar-refractivity contribution in [1.29, 1.82) is 0 Å². The highest BCUT2D eigenvalue weighted by molar-refractivity contribution is 8.03. The number of anilines is 1. The van der Waals surface area contributed by atoms with E-state index in [-0.39, 0.29) is 11.7 Å². The largest absolute Gasteiger partial charge is 0.325 e. The highest BCUT2D eigenvalue weighted by Gasteiger charge is 2.11. The second-order valence-corrected chi connectivity index (χ2v) is 7.88. The van der Waals surface area contributed by atoms with Gasteiger partial charge in [0.15, 0.2) is 8.68 Å². The van der Waals surface area contributed by atoms with E-state index in [1.807, 2.05) is 32.2 Å². The highest BCUT2D eigenvalue weighted by Crippen LogP contribution is 2.26. The predicted molar refractivity (Wildman–Crippen MR) is 95.5 cm³/mol. The van der Waals surface area contributed by atoms with Crippen LogP contribution in [-0.2, 0) is 4.79 Å². The van der Waals surface area contributed by atoms with Gasteiger partial charge < -0.3 is 5.32 Å². The van der Waals surface area contributed by atoms with Crippen molar-refractivity contribution in [1.82, 2.24) is 15.5 Å². The summed E-state index contributed by atoms with van der Waals surface area (Å²) in [4.78, 5) is 23.6. The molecule has 2 rings (SSSR count). The number of imide groups is 1.